The van der Waals surface area contributed by atoms with Gasteiger partial charge in [-0.05, 0) is 115 Å². The molecule has 0 spiro atoms. The normalized spacial score (nSPS) is 15.9. The van der Waals surface area contributed by atoms with Crippen molar-refractivity contribution in [3.05, 3.63) is 108 Å². The van der Waals surface area contributed by atoms with Crippen molar-refractivity contribution in [1.29, 1.82) is 0 Å². The van der Waals surface area contributed by atoms with Gasteiger partial charge in [0.1, 0.15) is 0 Å². The van der Waals surface area contributed by atoms with Gasteiger partial charge in [-0.3, -0.25) is 14.2 Å². The van der Waals surface area contributed by atoms with E-state index in [0.29, 0.717) is 36.2 Å². The molecule has 0 bridgehead atoms. The summed E-state index contributed by atoms with van der Waals surface area (Å²) < 4.78 is 3.45. The number of aromatic nitrogens is 8. The molecule has 2 fully saturated rings. The average molecular weight is 905 g/mol. The number of halogens is 1. The monoisotopic (exact) mass is 904 g/mol. The highest BCUT2D eigenvalue weighted by atomic mass is 35.5. The van der Waals surface area contributed by atoms with Crippen LogP contribution in [-0.4, -0.2) is 76.5 Å². The lowest BCUT2D eigenvalue weighted by atomic mass is 9.80. The fraction of sp³-hybridized carbons (Fsp3) is 0.460. The summed E-state index contributed by atoms with van der Waals surface area (Å²) in [7, 11) is 3.73. The molecule has 15 heteroatoms. The zero-order valence-electron chi connectivity index (χ0n) is 40.0. The minimum Gasteiger partial charge on any atom is -0.342 e. The second kappa shape index (κ2) is 22.5. The summed E-state index contributed by atoms with van der Waals surface area (Å²) in [6.45, 7) is 22.7. The highest BCUT2D eigenvalue weighted by molar-refractivity contribution is 5.85. The highest BCUT2D eigenvalue weighted by Gasteiger charge is 2.33. The summed E-state index contributed by atoms with van der Waals surface area (Å²) in [5.74, 6) is 2.84. The van der Waals surface area contributed by atoms with Crippen LogP contribution in [0.25, 0.3) is 22.5 Å². The van der Waals surface area contributed by atoms with Gasteiger partial charge in [-0.15, -0.1) is 12.4 Å². The first-order valence-corrected chi connectivity index (χ1v) is 22.5. The van der Waals surface area contributed by atoms with Crippen LogP contribution in [-0.2, 0) is 31.9 Å². The number of amides is 1. The quantitative estimate of drug-likeness (QED) is 0.103. The molecular weight excluding hydrogens is 834 g/mol. The number of benzene rings is 2. The Morgan fingerprint density at radius 3 is 1.68 bits per heavy atom. The summed E-state index contributed by atoms with van der Waals surface area (Å²) in [4.78, 5) is 32.6. The second-order valence-corrected chi connectivity index (χ2v) is 19.3. The molecule has 348 valence electrons. The van der Waals surface area contributed by atoms with E-state index in [1.807, 2.05) is 50.8 Å². The van der Waals surface area contributed by atoms with E-state index in [2.05, 4.69) is 131 Å². The molecule has 2 atom stereocenters. The number of nitrogens with zero attached hydrogens (tertiary/aromatic N) is 9. The predicted octanol–water partition coefficient (Wildman–Crippen LogP) is 9.21. The van der Waals surface area contributed by atoms with Gasteiger partial charge in [-0.1, -0.05) is 65.8 Å². The van der Waals surface area contributed by atoms with Crippen LogP contribution >= 0.6 is 12.4 Å². The summed E-state index contributed by atoms with van der Waals surface area (Å²) in [5, 5.41) is 18.0. The third kappa shape index (κ3) is 14.4. The van der Waals surface area contributed by atoms with Crippen LogP contribution in [0, 0.1) is 36.5 Å². The first-order valence-electron chi connectivity index (χ1n) is 22.5. The summed E-state index contributed by atoms with van der Waals surface area (Å²) in [6, 6.07) is 16.3. The summed E-state index contributed by atoms with van der Waals surface area (Å²) in [6.07, 6.45) is 14.5. The van der Waals surface area contributed by atoms with Gasteiger partial charge in [-0.2, -0.15) is 10.2 Å². The van der Waals surface area contributed by atoms with E-state index in [0.717, 1.165) is 71.3 Å². The molecule has 0 saturated carbocycles. The molecule has 2 aromatic carbocycles. The molecule has 5 N–H and O–H groups in total. The van der Waals surface area contributed by atoms with E-state index >= 15 is 0 Å². The molecule has 2 aliphatic heterocycles. The molecule has 2 saturated heterocycles. The van der Waals surface area contributed by atoms with Gasteiger partial charge in [-0.25, -0.2) is 19.9 Å². The van der Waals surface area contributed by atoms with E-state index in [1.54, 1.807) is 34.2 Å². The maximum atomic E-state index is 12.8. The second-order valence-electron chi connectivity index (χ2n) is 19.3. The number of carbonyl (C=O) groups is 1. The highest BCUT2D eigenvalue weighted by Crippen LogP contribution is 2.34. The van der Waals surface area contributed by atoms with Crippen molar-refractivity contribution in [2.75, 3.05) is 36.8 Å². The fourth-order valence-electron chi connectivity index (χ4n) is 8.10. The maximum absolute atomic E-state index is 12.8. The lowest BCUT2D eigenvalue weighted by Gasteiger charge is -2.27. The number of hydrogen-bond acceptors (Lipinski definition) is 11. The number of aryl methyl sites for hydroxylation is 5. The van der Waals surface area contributed by atoms with Gasteiger partial charge in [0.15, 0.2) is 0 Å². The van der Waals surface area contributed by atoms with Crippen molar-refractivity contribution in [2.24, 2.45) is 42.5 Å². The van der Waals surface area contributed by atoms with E-state index in [9.17, 15) is 4.79 Å². The number of carbonyl (C=O) groups excluding carboxylic acids is 1. The maximum Gasteiger partial charge on any atom is 0.227 e. The molecule has 0 radical (unpaired) electrons. The van der Waals surface area contributed by atoms with Gasteiger partial charge in [0.2, 0.25) is 17.8 Å². The predicted molar refractivity (Wildman–Crippen MR) is 265 cm³/mol. The van der Waals surface area contributed by atoms with Gasteiger partial charge in [0.25, 0.3) is 0 Å². The van der Waals surface area contributed by atoms with Crippen LogP contribution in [0.1, 0.15) is 83.1 Å². The van der Waals surface area contributed by atoms with Crippen molar-refractivity contribution >= 4 is 41.6 Å². The molecule has 6 heterocycles. The topological polar surface area (TPSA) is 170 Å². The first-order chi connectivity index (χ1) is 30.4. The smallest absolute Gasteiger partial charge is 0.227 e. The molecule has 2 aliphatic rings. The van der Waals surface area contributed by atoms with Crippen molar-refractivity contribution in [2.45, 2.75) is 87.6 Å². The number of rotatable bonds is 10. The first kappa shape index (κ1) is 50.3. The van der Waals surface area contributed by atoms with Gasteiger partial charge < -0.3 is 26.6 Å². The standard InChI is InChI=1S/C26H34N6O.C16H18N6.C8H17N.ClH/c1-18-14-20(23-10-12-27-25(30-23)29-22-15-28-31(5)17-22)7-6-19(18)8-9-24(33)32-13-11-21(16-32)26(2,3)4;1-11-7-12(3-4-13(11)8-17)15-5-6-18-16(21-15)20-14-9-19-22(2)10-14;1-8(2,3)7-4-5-9-6-7;/h6-7,10,12,14-15,17,21H,8-9,11,13,16H2,1-5H3,(H,27,29,30);3-7,9-10H,8,17H2,1-2H3,(H,18,20,21);7,9H,4-6H2,1-3H3;1H. The van der Waals surface area contributed by atoms with Gasteiger partial charge in [0, 0.05) is 76.1 Å². The lowest BCUT2D eigenvalue weighted by Crippen LogP contribution is -2.31. The number of nitrogens with two attached hydrogens (primary N) is 1. The Morgan fingerprint density at radius 1 is 0.754 bits per heavy atom. The number of hydrogen-bond donors (Lipinski definition) is 4. The third-order valence-corrected chi connectivity index (χ3v) is 12.4. The minimum absolute atomic E-state index is 0. The van der Waals surface area contributed by atoms with E-state index in [1.165, 1.54) is 36.2 Å². The molecule has 8 rings (SSSR count). The zero-order chi connectivity index (χ0) is 46.0. The molecule has 6 aromatic rings. The van der Waals surface area contributed by atoms with Crippen LogP contribution in [0.2, 0.25) is 0 Å². The van der Waals surface area contributed by atoms with E-state index < -0.39 is 0 Å². The Hall–Kier alpha value is -5.70. The lowest BCUT2D eigenvalue weighted by molar-refractivity contribution is -0.130. The van der Waals surface area contributed by atoms with E-state index in [-0.39, 0.29) is 23.7 Å². The molecule has 4 aromatic heterocycles. The summed E-state index contributed by atoms with van der Waals surface area (Å²) in [5.41, 5.74) is 16.7. The average Bonchev–Trinajstić information content (AvgIpc) is 4.10. The largest absolute Gasteiger partial charge is 0.342 e. The van der Waals surface area contributed by atoms with Crippen molar-refractivity contribution in [3.8, 4) is 22.5 Å². The molecule has 14 nitrogen and oxygen atoms in total. The Morgan fingerprint density at radius 2 is 1.28 bits per heavy atom. The van der Waals surface area contributed by atoms with Crippen LogP contribution in [0.5, 0.6) is 0 Å². The molecule has 2 unspecified atom stereocenters. The third-order valence-electron chi connectivity index (χ3n) is 12.4. The number of nitrogens with one attached hydrogen (secondary N) is 3. The Kier molecular flexibility index (Phi) is 17.4. The molecular formula is C50H70ClN13O. The molecule has 65 heavy (non-hydrogen) atoms. The Labute approximate surface area is 392 Å². The Bertz CT molecular complexity index is 2460. The van der Waals surface area contributed by atoms with Crippen LogP contribution < -0.4 is 21.7 Å². The van der Waals surface area contributed by atoms with Crippen molar-refractivity contribution in [1.82, 2.24) is 49.7 Å². The van der Waals surface area contributed by atoms with Crippen LogP contribution in [0.3, 0.4) is 0 Å². The van der Waals surface area contributed by atoms with Crippen LogP contribution in [0.15, 0.2) is 85.7 Å². The van der Waals surface area contributed by atoms with Crippen molar-refractivity contribution < 1.29 is 4.79 Å². The van der Waals surface area contributed by atoms with Crippen LogP contribution in [0.4, 0.5) is 23.3 Å². The Balaban J connectivity index is 0.000000212. The van der Waals surface area contributed by atoms with E-state index in [4.69, 9.17) is 5.73 Å². The molecule has 1 amide bonds. The fourth-order valence-corrected chi connectivity index (χ4v) is 8.10. The number of anilines is 4. The SMILES string of the molecule is CC(C)(C)C1CCNC1.Cc1cc(-c2ccnc(Nc3cnn(C)c3)n2)ccc1CCC(=O)N1CCC(C(C)(C)C)C1.Cc1cc(-c2ccnc(Nc3cnn(C)c3)n2)ccc1CN.Cl. The molecule has 0 aliphatic carbocycles. The van der Waals surface area contributed by atoms with Crippen molar-refractivity contribution in [3.63, 3.8) is 0 Å². The zero-order valence-corrected chi connectivity index (χ0v) is 40.8. The summed E-state index contributed by atoms with van der Waals surface area (Å²) >= 11 is 0. The minimum atomic E-state index is 0. The van der Waals surface area contributed by atoms with Gasteiger partial charge >= 0.3 is 0 Å². The van der Waals surface area contributed by atoms with Gasteiger partial charge in [0.05, 0.1) is 35.2 Å². The number of likely N-dealkylation sites (tertiary alicyclic amines) is 1.